The lowest BCUT2D eigenvalue weighted by atomic mass is 9.95. The van der Waals surface area contributed by atoms with Crippen molar-refractivity contribution < 1.29 is 14.3 Å². The summed E-state index contributed by atoms with van der Waals surface area (Å²) in [7, 11) is 0. The van der Waals surface area contributed by atoms with Gasteiger partial charge in [-0.3, -0.25) is 15.0 Å². The minimum absolute atomic E-state index is 0.180. The molecule has 6 nitrogen and oxygen atoms in total. The van der Waals surface area contributed by atoms with Crippen LogP contribution in [-0.2, 0) is 4.79 Å². The number of aryl methyl sites for hydroxylation is 1. The Morgan fingerprint density at radius 1 is 1.57 bits per heavy atom. The second-order valence-electron chi connectivity index (χ2n) is 5.96. The Kier molecular flexibility index (Phi) is 4.35. The van der Waals surface area contributed by atoms with Gasteiger partial charge in [0.1, 0.15) is 17.4 Å². The van der Waals surface area contributed by atoms with Gasteiger partial charge in [-0.05, 0) is 40.2 Å². The molecule has 0 radical (unpaired) electrons. The summed E-state index contributed by atoms with van der Waals surface area (Å²) in [5.41, 5.74) is 0.369. The first kappa shape index (κ1) is 15.5. The van der Waals surface area contributed by atoms with Crippen LogP contribution in [-0.4, -0.2) is 41.1 Å². The molecule has 0 aromatic carbocycles. The third-order valence-corrected chi connectivity index (χ3v) is 3.87. The van der Waals surface area contributed by atoms with E-state index in [2.05, 4.69) is 5.32 Å². The zero-order valence-electron chi connectivity index (χ0n) is 12.7. The second-order valence-corrected chi connectivity index (χ2v) is 5.96. The Bertz CT molecular complexity index is 584. The highest BCUT2D eigenvalue weighted by molar-refractivity contribution is 5.92. The topological polar surface area (TPSA) is 89.5 Å². The van der Waals surface area contributed by atoms with E-state index in [9.17, 15) is 9.90 Å². The van der Waals surface area contributed by atoms with Gasteiger partial charge >= 0.3 is 0 Å². The number of likely N-dealkylation sites (tertiary alicyclic amines) is 1. The molecular weight excluding hydrogens is 270 g/mol. The number of furan rings is 1. The van der Waals surface area contributed by atoms with E-state index in [0.29, 0.717) is 17.9 Å². The quantitative estimate of drug-likeness (QED) is 0.882. The molecule has 1 atom stereocenters. The average molecular weight is 291 g/mol. The van der Waals surface area contributed by atoms with Crippen LogP contribution in [0.15, 0.2) is 4.42 Å². The van der Waals surface area contributed by atoms with E-state index < -0.39 is 5.60 Å². The van der Waals surface area contributed by atoms with Crippen LogP contribution in [0.1, 0.15) is 36.7 Å². The predicted octanol–water partition coefficient (Wildman–Crippen LogP) is 1.55. The first-order valence-corrected chi connectivity index (χ1v) is 7.07. The van der Waals surface area contributed by atoms with E-state index in [0.717, 1.165) is 24.9 Å². The highest BCUT2D eigenvalue weighted by atomic mass is 16.4. The lowest BCUT2D eigenvalue weighted by molar-refractivity contribution is -0.118. The number of carbonyl (C=O) groups is 1. The van der Waals surface area contributed by atoms with Crippen LogP contribution in [0.2, 0.25) is 0 Å². The van der Waals surface area contributed by atoms with E-state index in [1.54, 1.807) is 20.8 Å². The van der Waals surface area contributed by atoms with Crippen molar-refractivity contribution >= 4 is 11.8 Å². The summed E-state index contributed by atoms with van der Waals surface area (Å²) < 4.78 is 5.41. The number of anilines is 1. The van der Waals surface area contributed by atoms with Crippen LogP contribution < -0.4 is 5.32 Å². The SMILES string of the molecule is Cc1oc(NC(=O)CN2CCCC(C)(O)C2)c(C#N)c1C. The molecule has 0 spiro atoms. The van der Waals surface area contributed by atoms with Gasteiger partial charge in [0.05, 0.1) is 12.1 Å². The number of hydrogen-bond acceptors (Lipinski definition) is 5. The molecule has 1 unspecified atom stereocenters. The van der Waals surface area contributed by atoms with Crippen LogP contribution in [0.5, 0.6) is 0 Å². The van der Waals surface area contributed by atoms with Crippen molar-refractivity contribution in [2.24, 2.45) is 0 Å². The van der Waals surface area contributed by atoms with Crippen molar-refractivity contribution in [2.75, 3.05) is 25.0 Å². The van der Waals surface area contributed by atoms with Crippen molar-refractivity contribution in [3.63, 3.8) is 0 Å². The molecule has 0 aliphatic carbocycles. The summed E-state index contributed by atoms with van der Waals surface area (Å²) in [6.45, 7) is 6.76. The fourth-order valence-corrected chi connectivity index (χ4v) is 2.68. The molecule has 1 saturated heterocycles. The van der Waals surface area contributed by atoms with Crippen LogP contribution >= 0.6 is 0 Å². The van der Waals surface area contributed by atoms with E-state index in [-0.39, 0.29) is 18.3 Å². The fraction of sp³-hybridized carbons (Fsp3) is 0.600. The fourth-order valence-electron chi connectivity index (χ4n) is 2.68. The Labute approximate surface area is 124 Å². The molecule has 2 heterocycles. The number of nitrogens with one attached hydrogen (secondary N) is 1. The Morgan fingerprint density at radius 2 is 2.29 bits per heavy atom. The number of β-amino-alcohol motifs (C(OH)–C–C–N with tert-alkyl or cyclic N) is 1. The van der Waals surface area contributed by atoms with Gasteiger partial charge in [0, 0.05) is 12.1 Å². The minimum atomic E-state index is -0.742. The molecule has 1 aliphatic heterocycles. The number of carbonyl (C=O) groups excluding carboxylic acids is 1. The first-order chi connectivity index (χ1) is 9.82. The molecule has 6 heteroatoms. The number of nitriles is 1. The van der Waals surface area contributed by atoms with Crippen LogP contribution in [0.3, 0.4) is 0 Å². The molecule has 1 amide bonds. The van der Waals surface area contributed by atoms with Gasteiger partial charge in [0.15, 0.2) is 0 Å². The smallest absolute Gasteiger partial charge is 0.240 e. The third kappa shape index (κ3) is 3.63. The Balaban J connectivity index is 2.00. The van der Waals surface area contributed by atoms with Crippen molar-refractivity contribution in [3.05, 3.63) is 16.9 Å². The van der Waals surface area contributed by atoms with Crippen molar-refractivity contribution in [3.8, 4) is 6.07 Å². The number of piperidine rings is 1. The van der Waals surface area contributed by atoms with Crippen LogP contribution in [0.25, 0.3) is 0 Å². The maximum atomic E-state index is 12.1. The number of nitrogens with zero attached hydrogens (tertiary/aromatic N) is 2. The number of hydrogen-bond donors (Lipinski definition) is 2. The first-order valence-electron chi connectivity index (χ1n) is 7.07. The van der Waals surface area contributed by atoms with E-state index in [1.807, 2.05) is 11.0 Å². The molecule has 0 bridgehead atoms. The molecule has 2 N–H and O–H groups in total. The normalized spacial score (nSPS) is 22.8. The van der Waals surface area contributed by atoms with Gasteiger partial charge in [0.2, 0.25) is 11.8 Å². The Morgan fingerprint density at radius 3 is 2.90 bits per heavy atom. The summed E-state index contributed by atoms with van der Waals surface area (Å²) in [5, 5.41) is 21.8. The largest absolute Gasteiger partial charge is 0.444 e. The molecular formula is C15H21N3O3. The van der Waals surface area contributed by atoms with Crippen LogP contribution in [0.4, 0.5) is 5.88 Å². The summed E-state index contributed by atoms with van der Waals surface area (Å²) in [6, 6.07) is 2.04. The highest BCUT2D eigenvalue weighted by Gasteiger charge is 2.29. The van der Waals surface area contributed by atoms with Gasteiger partial charge in [-0.15, -0.1) is 0 Å². The molecule has 114 valence electrons. The minimum Gasteiger partial charge on any atom is -0.444 e. The zero-order valence-corrected chi connectivity index (χ0v) is 12.7. The maximum Gasteiger partial charge on any atom is 0.240 e. The van der Waals surface area contributed by atoms with Gasteiger partial charge < -0.3 is 9.52 Å². The van der Waals surface area contributed by atoms with E-state index in [1.165, 1.54) is 0 Å². The Hall–Kier alpha value is -1.84. The summed E-state index contributed by atoms with van der Waals surface area (Å²) in [4.78, 5) is 14.0. The maximum absolute atomic E-state index is 12.1. The second kappa shape index (κ2) is 5.88. The standard InChI is InChI=1S/C15H21N3O3/c1-10-11(2)21-14(12(10)7-16)17-13(19)8-18-6-4-5-15(3,20)9-18/h20H,4-6,8-9H2,1-3H3,(H,17,19). The highest BCUT2D eigenvalue weighted by Crippen LogP contribution is 2.25. The third-order valence-electron chi connectivity index (χ3n) is 3.87. The van der Waals surface area contributed by atoms with Gasteiger partial charge in [-0.25, -0.2) is 0 Å². The molecule has 21 heavy (non-hydrogen) atoms. The molecule has 1 aliphatic rings. The van der Waals surface area contributed by atoms with Gasteiger partial charge in [-0.2, -0.15) is 5.26 Å². The summed E-state index contributed by atoms with van der Waals surface area (Å²) in [5.74, 6) is 0.599. The molecule has 1 fully saturated rings. The number of amides is 1. The van der Waals surface area contributed by atoms with Crippen molar-refractivity contribution in [1.82, 2.24) is 4.90 Å². The summed E-state index contributed by atoms with van der Waals surface area (Å²) >= 11 is 0. The van der Waals surface area contributed by atoms with E-state index >= 15 is 0 Å². The summed E-state index contributed by atoms with van der Waals surface area (Å²) in [6.07, 6.45) is 1.61. The number of aliphatic hydroxyl groups is 1. The van der Waals surface area contributed by atoms with E-state index in [4.69, 9.17) is 9.68 Å². The van der Waals surface area contributed by atoms with Crippen LogP contribution in [0, 0.1) is 25.2 Å². The average Bonchev–Trinajstić information content (AvgIpc) is 2.62. The van der Waals surface area contributed by atoms with Gasteiger partial charge in [0.25, 0.3) is 0 Å². The van der Waals surface area contributed by atoms with Crippen molar-refractivity contribution in [2.45, 2.75) is 39.2 Å². The van der Waals surface area contributed by atoms with Crippen molar-refractivity contribution in [1.29, 1.82) is 5.26 Å². The lowest BCUT2D eigenvalue weighted by Crippen LogP contribution is -2.48. The predicted molar refractivity (Wildman–Crippen MR) is 77.8 cm³/mol. The molecule has 0 saturated carbocycles. The molecule has 1 aromatic rings. The molecule has 2 rings (SSSR count). The number of rotatable bonds is 3. The monoisotopic (exact) mass is 291 g/mol. The zero-order chi connectivity index (χ0) is 15.6. The van der Waals surface area contributed by atoms with Gasteiger partial charge in [-0.1, -0.05) is 0 Å². The lowest BCUT2D eigenvalue weighted by Gasteiger charge is -2.36. The molecule has 1 aromatic heterocycles.